The number of ether oxygens (including phenoxy) is 1. The number of carbonyl (C=O) groups is 1. The highest BCUT2D eigenvalue weighted by Gasteiger charge is 2.26. The average molecular weight is 485 g/mol. The van der Waals surface area contributed by atoms with E-state index in [0.717, 1.165) is 6.07 Å². The van der Waals surface area contributed by atoms with Crippen molar-refractivity contribution in [2.75, 3.05) is 56.7 Å². The summed E-state index contributed by atoms with van der Waals surface area (Å²) in [4.78, 5) is 18.2. The van der Waals surface area contributed by atoms with E-state index in [1.807, 2.05) is 9.80 Å². The van der Waals surface area contributed by atoms with Crippen LogP contribution in [0.4, 0.5) is 20.4 Å². The summed E-state index contributed by atoms with van der Waals surface area (Å²) in [5.41, 5.74) is 2.43. The predicted molar refractivity (Wildman–Crippen MR) is 126 cm³/mol. The smallest absolute Gasteiger partial charge is 0.253 e. The van der Waals surface area contributed by atoms with Gasteiger partial charge in [-0.3, -0.25) is 4.79 Å². The summed E-state index contributed by atoms with van der Waals surface area (Å²) in [6.07, 6.45) is 0.448. The van der Waals surface area contributed by atoms with Crippen LogP contribution in [0.1, 0.15) is 21.5 Å². The van der Waals surface area contributed by atoms with Crippen LogP contribution in [0.3, 0.4) is 0 Å². The van der Waals surface area contributed by atoms with Gasteiger partial charge in [-0.05, 0) is 24.6 Å². The molecule has 5 rings (SSSR count). The van der Waals surface area contributed by atoms with Crippen molar-refractivity contribution in [1.82, 2.24) is 4.90 Å². The van der Waals surface area contributed by atoms with Crippen molar-refractivity contribution in [2.24, 2.45) is 5.16 Å². The fourth-order valence-electron chi connectivity index (χ4n) is 4.71. The van der Waals surface area contributed by atoms with Gasteiger partial charge in [-0.25, -0.2) is 8.78 Å². The van der Waals surface area contributed by atoms with Crippen LogP contribution < -0.4 is 15.2 Å². The molecule has 0 unspecified atom stereocenters. The molecule has 0 bridgehead atoms. The first kappa shape index (κ1) is 23.1. The lowest BCUT2D eigenvalue weighted by Gasteiger charge is -2.28. The van der Waals surface area contributed by atoms with Crippen LogP contribution in [0.5, 0.6) is 0 Å². The summed E-state index contributed by atoms with van der Waals surface area (Å²) in [5.74, 6) is -0.923. The lowest BCUT2D eigenvalue weighted by Crippen LogP contribution is -2.36. The summed E-state index contributed by atoms with van der Waals surface area (Å²) in [6.45, 7) is 3.06. The Morgan fingerprint density at radius 1 is 1.11 bits per heavy atom. The minimum atomic E-state index is -0.643. The Bertz CT molecular complexity index is 1370. The van der Waals surface area contributed by atoms with Gasteiger partial charge in [-0.15, -0.1) is 0 Å². The number of hydrogen-bond acceptors (Lipinski definition) is 7. The zero-order valence-corrected chi connectivity index (χ0v) is 19.6. The van der Waals surface area contributed by atoms with Gasteiger partial charge in [0.25, 0.3) is 5.91 Å². The van der Waals surface area contributed by atoms with Crippen LogP contribution in [0.2, 0.25) is 0 Å². The Kier molecular flexibility index (Phi) is 6.06. The second-order valence-corrected chi connectivity index (χ2v) is 8.94. The highest BCUT2D eigenvalue weighted by molar-refractivity contribution is 5.98. The van der Waals surface area contributed by atoms with Gasteiger partial charge in [0.15, 0.2) is 5.88 Å². The fraction of sp³-hybridized carbons (Fsp3) is 0.360. The predicted octanol–water partition coefficient (Wildman–Crippen LogP) is 3.10. The maximum absolute atomic E-state index is 14.3. The molecule has 0 atom stereocenters. The van der Waals surface area contributed by atoms with Gasteiger partial charge in [0.2, 0.25) is 0 Å². The molecule has 3 heterocycles. The van der Waals surface area contributed by atoms with E-state index in [0.29, 0.717) is 78.5 Å². The fourth-order valence-corrected chi connectivity index (χ4v) is 4.71. The number of carbonyl (C=O) groups excluding carboxylic acids is 1. The van der Waals surface area contributed by atoms with E-state index < -0.39 is 11.6 Å². The number of hydrogen-bond donors (Lipinski definition) is 1. The molecule has 2 aromatic carbocycles. The monoisotopic (exact) mass is 484 g/mol. The van der Waals surface area contributed by atoms with E-state index in [4.69, 9.17) is 9.15 Å². The van der Waals surface area contributed by atoms with E-state index in [1.165, 1.54) is 11.0 Å². The molecule has 1 aromatic heterocycles. The van der Waals surface area contributed by atoms with E-state index in [9.17, 15) is 18.8 Å². The van der Waals surface area contributed by atoms with Gasteiger partial charge in [0, 0.05) is 80.2 Å². The van der Waals surface area contributed by atoms with E-state index in [2.05, 4.69) is 5.16 Å². The first-order chi connectivity index (χ1) is 16.9. The Morgan fingerprint density at radius 3 is 2.60 bits per heavy atom. The number of amides is 1. The molecule has 10 heteroatoms. The zero-order valence-electron chi connectivity index (χ0n) is 19.6. The van der Waals surface area contributed by atoms with E-state index in [1.54, 1.807) is 32.3 Å². The molecule has 1 N–H and O–H groups in total. The molecule has 0 radical (unpaired) electrons. The third-order valence-electron chi connectivity index (χ3n) is 6.46. The molecule has 35 heavy (non-hydrogen) atoms. The van der Waals surface area contributed by atoms with E-state index >= 15 is 0 Å². The standard InChI is InChI=1S/C25H26F2N4O4/c1-29(2)25(32)15-9-16(14-31-4-3-18-20(27)11-17(26)12-22(18)31)24-19(10-15)21(28-33)13-23(35-24)30-5-7-34-8-6-30/h9-13,33H,3-8,14H2,1-2H3/b28-21-. The Balaban J connectivity index is 1.67. The molecule has 3 aromatic rings. The van der Waals surface area contributed by atoms with Gasteiger partial charge >= 0.3 is 0 Å². The lowest BCUT2D eigenvalue weighted by molar-refractivity contribution is 0.0827. The normalized spacial score (nSPS) is 16.2. The average Bonchev–Trinajstić information content (AvgIpc) is 3.26. The van der Waals surface area contributed by atoms with E-state index in [-0.39, 0.29) is 17.8 Å². The maximum Gasteiger partial charge on any atom is 0.253 e. The molecule has 1 fully saturated rings. The number of morpholine rings is 1. The Morgan fingerprint density at radius 2 is 1.89 bits per heavy atom. The zero-order chi connectivity index (χ0) is 24.7. The molecule has 0 aliphatic carbocycles. The minimum Gasteiger partial charge on any atom is -0.440 e. The number of halogens is 2. The molecule has 1 amide bonds. The molecule has 2 aliphatic heterocycles. The molecule has 8 nitrogen and oxygen atoms in total. The number of fused-ring (bicyclic) bond motifs is 2. The molecule has 184 valence electrons. The highest BCUT2D eigenvalue weighted by atomic mass is 19.1. The highest BCUT2D eigenvalue weighted by Crippen LogP contribution is 2.34. The molecule has 2 aliphatic rings. The van der Waals surface area contributed by atoms with Crippen LogP contribution in [0, 0.1) is 11.6 Å². The summed E-state index contributed by atoms with van der Waals surface area (Å²) < 4.78 is 40.1. The van der Waals surface area contributed by atoms with Gasteiger partial charge < -0.3 is 29.1 Å². The van der Waals surface area contributed by atoms with Crippen LogP contribution in [-0.4, -0.2) is 63.0 Å². The van der Waals surface area contributed by atoms with Crippen molar-refractivity contribution in [1.29, 1.82) is 0 Å². The SMILES string of the molecule is CN(C)C(=O)c1cc(CN2CCc3c(F)cc(F)cc32)c2oc(N3CCOCC3)c/c(=N/O)c2c1. The molecule has 0 saturated carbocycles. The van der Waals surface area contributed by atoms with Crippen LogP contribution in [-0.2, 0) is 17.7 Å². The largest absolute Gasteiger partial charge is 0.440 e. The van der Waals surface area contributed by atoms with Crippen molar-refractivity contribution in [3.8, 4) is 0 Å². The quantitative estimate of drug-likeness (QED) is 0.453. The molecule has 1 saturated heterocycles. The van der Waals surface area contributed by atoms with Crippen molar-refractivity contribution >= 4 is 28.4 Å². The third-order valence-corrected chi connectivity index (χ3v) is 6.46. The van der Waals surface area contributed by atoms with Crippen molar-refractivity contribution in [2.45, 2.75) is 13.0 Å². The van der Waals surface area contributed by atoms with Crippen LogP contribution >= 0.6 is 0 Å². The minimum absolute atomic E-state index is 0.229. The second-order valence-electron chi connectivity index (χ2n) is 8.94. The number of anilines is 2. The Labute approximate surface area is 200 Å². The second kappa shape index (κ2) is 9.18. The molecular weight excluding hydrogens is 458 g/mol. The van der Waals surface area contributed by atoms with Gasteiger partial charge in [-0.1, -0.05) is 5.16 Å². The Hall–Kier alpha value is -3.66. The maximum atomic E-state index is 14.3. The first-order valence-corrected chi connectivity index (χ1v) is 11.4. The third kappa shape index (κ3) is 4.29. The summed E-state index contributed by atoms with van der Waals surface area (Å²) in [6, 6.07) is 7.23. The number of benzene rings is 2. The lowest BCUT2D eigenvalue weighted by atomic mass is 10.0. The van der Waals surface area contributed by atoms with Gasteiger partial charge in [0.05, 0.1) is 13.2 Å². The van der Waals surface area contributed by atoms with Crippen LogP contribution in [0.15, 0.2) is 39.9 Å². The summed E-state index contributed by atoms with van der Waals surface area (Å²) >= 11 is 0. The molecule has 0 spiro atoms. The number of rotatable bonds is 4. The topological polar surface area (TPSA) is 81.8 Å². The van der Waals surface area contributed by atoms with Crippen LogP contribution in [0.25, 0.3) is 11.0 Å². The molecular formula is C25H26F2N4O4. The summed E-state index contributed by atoms with van der Waals surface area (Å²) in [7, 11) is 3.30. The van der Waals surface area contributed by atoms with Gasteiger partial charge in [0.1, 0.15) is 22.6 Å². The van der Waals surface area contributed by atoms with Crippen molar-refractivity contribution in [3.05, 3.63) is 64.0 Å². The van der Waals surface area contributed by atoms with Crippen molar-refractivity contribution < 1.29 is 27.9 Å². The van der Waals surface area contributed by atoms with Gasteiger partial charge in [-0.2, -0.15) is 0 Å². The number of nitrogens with zero attached hydrogens (tertiary/aromatic N) is 4. The first-order valence-electron chi connectivity index (χ1n) is 11.4. The summed E-state index contributed by atoms with van der Waals surface area (Å²) in [5, 5.41) is 14.0. The van der Waals surface area contributed by atoms with Crippen molar-refractivity contribution in [3.63, 3.8) is 0 Å².